The monoisotopic (exact) mass is 392 g/mol. The Morgan fingerprint density at radius 2 is 1.50 bits per heavy atom. The Morgan fingerprint density at radius 1 is 0.867 bits per heavy atom. The van der Waals surface area contributed by atoms with Crippen molar-refractivity contribution in [3.05, 3.63) is 119 Å². The molecule has 3 aromatic rings. The predicted molar refractivity (Wildman–Crippen MR) is 121 cm³/mol. The molecule has 0 spiro atoms. The molecule has 2 heteroatoms. The minimum absolute atomic E-state index is 0.0302. The van der Waals surface area contributed by atoms with E-state index in [0.717, 1.165) is 23.3 Å². The summed E-state index contributed by atoms with van der Waals surface area (Å²) in [5, 5.41) is 0. The van der Waals surface area contributed by atoms with E-state index in [0.29, 0.717) is 5.56 Å². The standard InChI is InChI=1S/C28H24O2/c1-28(2)18-23(19-11-5-3-6-12-19)26(30-27(29)20-13-7-4-8-14-20)25-22-16-10-9-15-21(22)17-24(25)28/h3-17,25H,18H2,1-2H3. The number of hydrogen-bond donors (Lipinski definition) is 0. The van der Waals surface area contributed by atoms with Crippen molar-refractivity contribution in [2.24, 2.45) is 5.41 Å². The molecule has 0 bridgehead atoms. The summed E-state index contributed by atoms with van der Waals surface area (Å²) in [6.07, 6.45) is 3.11. The second kappa shape index (κ2) is 7.14. The molecule has 0 N–H and O–H groups in total. The van der Waals surface area contributed by atoms with Gasteiger partial charge in [-0.2, -0.15) is 0 Å². The lowest BCUT2D eigenvalue weighted by Crippen LogP contribution is -2.27. The molecular weight excluding hydrogens is 368 g/mol. The van der Waals surface area contributed by atoms with Crippen LogP contribution in [0.5, 0.6) is 0 Å². The van der Waals surface area contributed by atoms with E-state index < -0.39 is 0 Å². The molecular formula is C28H24O2. The average molecular weight is 392 g/mol. The van der Waals surface area contributed by atoms with E-state index in [1.807, 2.05) is 36.4 Å². The smallest absolute Gasteiger partial charge is 0.343 e. The summed E-state index contributed by atoms with van der Waals surface area (Å²) in [5.41, 5.74) is 6.52. The number of esters is 1. The molecule has 1 unspecified atom stereocenters. The second-order valence-corrected chi connectivity index (χ2v) is 8.69. The topological polar surface area (TPSA) is 26.3 Å². The summed E-state index contributed by atoms with van der Waals surface area (Å²) in [6, 6.07) is 28.0. The zero-order valence-corrected chi connectivity index (χ0v) is 17.3. The van der Waals surface area contributed by atoms with Gasteiger partial charge in [-0.3, -0.25) is 0 Å². The molecule has 30 heavy (non-hydrogen) atoms. The van der Waals surface area contributed by atoms with Crippen molar-refractivity contribution in [2.45, 2.75) is 26.2 Å². The van der Waals surface area contributed by atoms with E-state index in [1.54, 1.807) is 12.1 Å². The summed E-state index contributed by atoms with van der Waals surface area (Å²) >= 11 is 0. The molecule has 0 radical (unpaired) electrons. The van der Waals surface area contributed by atoms with Gasteiger partial charge in [-0.15, -0.1) is 0 Å². The van der Waals surface area contributed by atoms with Crippen LogP contribution < -0.4 is 0 Å². The first-order valence-electron chi connectivity index (χ1n) is 10.4. The van der Waals surface area contributed by atoms with Crippen molar-refractivity contribution in [3.8, 4) is 0 Å². The molecule has 1 atom stereocenters. The van der Waals surface area contributed by atoms with Gasteiger partial charge in [0, 0.05) is 0 Å². The summed E-state index contributed by atoms with van der Waals surface area (Å²) in [7, 11) is 0. The van der Waals surface area contributed by atoms with Crippen molar-refractivity contribution in [1.82, 2.24) is 0 Å². The van der Waals surface area contributed by atoms with Crippen molar-refractivity contribution in [1.29, 1.82) is 0 Å². The summed E-state index contributed by atoms with van der Waals surface area (Å²) in [6.45, 7) is 4.58. The van der Waals surface area contributed by atoms with Crippen LogP contribution in [0.1, 0.15) is 53.2 Å². The Bertz CT molecular complexity index is 1170. The third-order valence-corrected chi connectivity index (χ3v) is 6.22. The molecule has 5 rings (SSSR count). The van der Waals surface area contributed by atoms with E-state index in [-0.39, 0.29) is 17.3 Å². The second-order valence-electron chi connectivity index (χ2n) is 8.69. The minimum atomic E-state index is -0.303. The number of hydrogen-bond acceptors (Lipinski definition) is 2. The van der Waals surface area contributed by atoms with Crippen LogP contribution in [0.25, 0.3) is 11.6 Å². The number of fused-ring (bicyclic) bond motifs is 3. The summed E-state index contributed by atoms with van der Waals surface area (Å²) in [5.74, 6) is 0.431. The maximum Gasteiger partial charge on any atom is 0.343 e. The van der Waals surface area contributed by atoms with Gasteiger partial charge >= 0.3 is 5.97 Å². The zero-order chi connectivity index (χ0) is 20.7. The molecule has 0 fully saturated rings. The largest absolute Gasteiger partial charge is 0.426 e. The zero-order valence-electron chi connectivity index (χ0n) is 17.3. The molecule has 0 heterocycles. The van der Waals surface area contributed by atoms with Crippen LogP contribution in [0, 0.1) is 5.41 Å². The fourth-order valence-electron chi connectivity index (χ4n) is 4.73. The molecule has 2 nitrogen and oxygen atoms in total. The van der Waals surface area contributed by atoms with Crippen molar-refractivity contribution < 1.29 is 9.53 Å². The van der Waals surface area contributed by atoms with E-state index in [4.69, 9.17) is 4.74 Å². The molecule has 3 aromatic carbocycles. The Morgan fingerprint density at radius 3 is 2.23 bits per heavy atom. The number of ether oxygens (including phenoxy) is 1. The molecule has 148 valence electrons. The maximum atomic E-state index is 13.1. The highest BCUT2D eigenvalue weighted by Crippen LogP contribution is 2.57. The van der Waals surface area contributed by atoms with Gasteiger partial charge in [0.05, 0.1) is 11.5 Å². The highest BCUT2D eigenvalue weighted by molar-refractivity contribution is 5.92. The predicted octanol–water partition coefficient (Wildman–Crippen LogP) is 6.87. The number of allylic oxidation sites excluding steroid dienone is 2. The van der Waals surface area contributed by atoms with Crippen molar-refractivity contribution in [2.75, 3.05) is 0 Å². The summed E-state index contributed by atoms with van der Waals surface area (Å²) in [4.78, 5) is 13.1. The third kappa shape index (κ3) is 3.09. The van der Waals surface area contributed by atoms with Crippen molar-refractivity contribution in [3.63, 3.8) is 0 Å². The highest BCUT2D eigenvalue weighted by Gasteiger charge is 2.44. The Kier molecular flexibility index (Phi) is 4.43. The van der Waals surface area contributed by atoms with Gasteiger partial charge in [0.15, 0.2) is 0 Å². The molecule has 0 aromatic heterocycles. The van der Waals surface area contributed by atoms with E-state index in [1.165, 1.54) is 16.7 Å². The molecule has 2 aliphatic carbocycles. The van der Waals surface area contributed by atoms with Gasteiger partial charge < -0.3 is 4.74 Å². The molecule has 0 amide bonds. The van der Waals surface area contributed by atoms with Crippen LogP contribution in [0.4, 0.5) is 0 Å². The van der Waals surface area contributed by atoms with Crippen LogP contribution in [-0.2, 0) is 4.74 Å². The van der Waals surface area contributed by atoms with Gasteiger partial charge in [0.2, 0.25) is 0 Å². The molecule has 2 aliphatic rings. The van der Waals surface area contributed by atoms with Crippen molar-refractivity contribution >= 4 is 17.6 Å². The van der Waals surface area contributed by atoms with Gasteiger partial charge in [0.25, 0.3) is 0 Å². The Balaban J connectivity index is 1.69. The SMILES string of the molecule is CC1(C)CC(c2ccccc2)=C(OC(=O)c2ccccc2)C2C1=Cc1ccccc12. The molecule has 0 aliphatic heterocycles. The third-order valence-electron chi connectivity index (χ3n) is 6.22. The lowest BCUT2D eigenvalue weighted by Gasteiger charge is -2.39. The lowest BCUT2D eigenvalue weighted by molar-refractivity contribution is 0.0603. The first kappa shape index (κ1) is 18.6. The van der Waals surface area contributed by atoms with Crippen LogP contribution in [0.2, 0.25) is 0 Å². The molecule has 0 saturated carbocycles. The fraction of sp³-hybridized carbons (Fsp3) is 0.179. The van der Waals surface area contributed by atoms with E-state index in [2.05, 4.69) is 56.3 Å². The Labute approximate surface area is 177 Å². The Hall–Kier alpha value is -3.39. The first-order chi connectivity index (χ1) is 14.5. The minimum Gasteiger partial charge on any atom is -0.426 e. The number of carbonyl (C=O) groups is 1. The number of benzene rings is 3. The van der Waals surface area contributed by atoms with Gasteiger partial charge in [0.1, 0.15) is 5.76 Å². The number of rotatable bonds is 3. The normalized spacial score (nSPS) is 19.0. The van der Waals surface area contributed by atoms with Crippen LogP contribution in [-0.4, -0.2) is 5.97 Å². The highest BCUT2D eigenvalue weighted by atomic mass is 16.5. The van der Waals surface area contributed by atoms with Gasteiger partial charge in [-0.05, 0) is 51.8 Å². The average Bonchev–Trinajstić information content (AvgIpc) is 3.18. The maximum absolute atomic E-state index is 13.1. The fourth-order valence-corrected chi connectivity index (χ4v) is 4.73. The number of carbonyl (C=O) groups excluding carboxylic acids is 1. The van der Waals surface area contributed by atoms with Crippen LogP contribution in [0.15, 0.2) is 96.3 Å². The van der Waals surface area contributed by atoms with E-state index in [9.17, 15) is 4.79 Å². The van der Waals surface area contributed by atoms with Crippen LogP contribution in [0.3, 0.4) is 0 Å². The van der Waals surface area contributed by atoms with Gasteiger partial charge in [-0.1, -0.05) is 92.7 Å². The summed E-state index contributed by atoms with van der Waals surface area (Å²) < 4.78 is 6.21. The first-order valence-corrected chi connectivity index (χ1v) is 10.4. The van der Waals surface area contributed by atoms with Crippen LogP contribution >= 0.6 is 0 Å². The quantitative estimate of drug-likeness (QED) is 0.455. The molecule has 0 saturated heterocycles. The lowest BCUT2D eigenvalue weighted by atomic mass is 9.67. The van der Waals surface area contributed by atoms with Gasteiger partial charge in [-0.25, -0.2) is 4.79 Å². The van der Waals surface area contributed by atoms with E-state index >= 15 is 0 Å².